The van der Waals surface area contributed by atoms with E-state index in [0.29, 0.717) is 26.5 Å². The van der Waals surface area contributed by atoms with Crippen molar-refractivity contribution in [3.8, 4) is 0 Å². The van der Waals surface area contributed by atoms with Gasteiger partial charge in [-0.1, -0.05) is 23.2 Å². The van der Waals surface area contributed by atoms with Gasteiger partial charge >= 0.3 is 5.97 Å². The first-order chi connectivity index (χ1) is 7.13. The van der Waals surface area contributed by atoms with E-state index in [1.54, 1.807) is 18.3 Å². The maximum absolute atomic E-state index is 11.4. The smallest absolute Gasteiger partial charge is 0.340 e. The lowest BCUT2D eigenvalue weighted by Crippen LogP contribution is -1.99. The number of nitrogens with one attached hydrogen (secondary N) is 1. The summed E-state index contributed by atoms with van der Waals surface area (Å²) >= 11 is 11.8. The lowest BCUT2D eigenvalue weighted by molar-refractivity contribution is 0.0603. The quantitative estimate of drug-likeness (QED) is 0.782. The van der Waals surface area contributed by atoms with E-state index in [2.05, 4.69) is 9.72 Å². The number of hydrogen-bond donors (Lipinski definition) is 1. The average molecular weight is 244 g/mol. The van der Waals surface area contributed by atoms with E-state index in [-0.39, 0.29) is 0 Å². The van der Waals surface area contributed by atoms with E-state index in [1.165, 1.54) is 7.11 Å². The second-order valence-electron chi connectivity index (χ2n) is 3.00. The van der Waals surface area contributed by atoms with Crippen molar-refractivity contribution < 1.29 is 9.53 Å². The van der Waals surface area contributed by atoms with Gasteiger partial charge < -0.3 is 9.72 Å². The van der Waals surface area contributed by atoms with Crippen LogP contribution < -0.4 is 0 Å². The normalized spacial score (nSPS) is 10.6. The van der Waals surface area contributed by atoms with Crippen LogP contribution in [0.4, 0.5) is 0 Å². The predicted octanol–water partition coefficient (Wildman–Crippen LogP) is 3.26. The van der Waals surface area contributed by atoms with Crippen LogP contribution in [0.5, 0.6) is 0 Å². The Balaban J connectivity index is 2.74. The molecular formula is C10H7Cl2NO2. The SMILES string of the molecule is COC(=O)c1c[nH]c2cc(Cl)cc(Cl)c12. The fourth-order valence-corrected chi connectivity index (χ4v) is 2.05. The van der Waals surface area contributed by atoms with Crippen LogP contribution in [0.2, 0.25) is 10.0 Å². The van der Waals surface area contributed by atoms with Crippen molar-refractivity contribution in [3.63, 3.8) is 0 Å². The van der Waals surface area contributed by atoms with Crippen LogP contribution in [-0.2, 0) is 4.74 Å². The van der Waals surface area contributed by atoms with Crippen LogP contribution in [0.3, 0.4) is 0 Å². The number of methoxy groups -OCH3 is 1. The van der Waals surface area contributed by atoms with Crippen LogP contribution in [0.1, 0.15) is 10.4 Å². The minimum atomic E-state index is -0.425. The summed E-state index contributed by atoms with van der Waals surface area (Å²) in [7, 11) is 1.32. The molecule has 78 valence electrons. The second-order valence-corrected chi connectivity index (χ2v) is 3.85. The van der Waals surface area contributed by atoms with Crippen molar-refractivity contribution >= 4 is 40.1 Å². The van der Waals surface area contributed by atoms with Gasteiger partial charge in [-0.2, -0.15) is 0 Å². The van der Waals surface area contributed by atoms with Gasteiger partial charge in [0.2, 0.25) is 0 Å². The first-order valence-corrected chi connectivity index (χ1v) is 4.93. The first-order valence-electron chi connectivity index (χ1n) is 4.18. The number of benzene rings is 1. The minimum absolute atomic E-state index is 0.411. The van der Waals surface area contributed by atoms with E-state index in [1.807, 2.05) is 0 Å². The molecule has 0 aliphatic carbocycles. The van der Waals surface area contributed by atoms with Gasteiger partial charge in [0.1, 0.15) is 0 Å². The molecule has 0 saturated heterocycles. The summed E-state index contributed by atoms with van der Waals surface area (Å²) in [5.41, 5.74) is 1.13. The molecule has 1 N–H and O–H groups in total. The predicted molar refractivity (Wildman–Crippen MR) is 59.7 cm³/mol. The number of aromatic nitrogens is 1. The molecule has 0 atom stereocenters. The molecule has 15 heavy (non-hydrogen) atoms. The van der Waals surface area contributed by atoms with Crippen molar-refractivity contribution in [2.24, 2.45) is 0 Å². The topological polar surface area (TPSA) is 42.1 Å². The Morgan fingerprint density at radius 2 is 2.13 bits per heavy atom. The van der Waals surface area contributed by atoms with Gasteiger partial charge in [0.15, 0.2) is 0 Å². The van der Waals surface area contributed by atoms with E-state index in [0.717, 1.165) is 0 Å². The number of carbonyl (C=O) groups is 1. The average Bonchev–Trinajstić information content (AvgIpc) is 2.60. The van der Waals surface area contributed by atoms with Crippen molar-refractivity contribution in [3.05, 3.63) is 33.9 Å². The Morgan fingerprint density at radius 1 is 1.40 bits per heavy atom. The van der Waals surface area contributed by atoms with Gasteiger partial charge in [-0.15, -0.1) is 0 Å². The Kier molecular flexibility index (Phi) is 2.59. The van der Waals surface area contributed by atoms with Crippen molar-refractivity contribution in [1.82, 2.24) is 4.98 Å². The molecule has 2 rings (SSSR count). The van der Waals surface area contributed by atoms with E-state index < -0.39 is 5.97 Å². The molecule has 5 heteroatoms. The zero-order valence-electron chi connectivity index (χ0n) is 7.80. The summed E-state index contributed by atoms with van der Waals surface area (Å²) in [6.07, 6.45) is 1.55. The van der Waals surface area contributed by atoms with Gasteiger partial charge in [0.05, 0.1) is 17.7 Å². The Bertz CT molecular complexity index is 533. The molecule has 0 spiro atoms. The summed E-state index contributed by atoms with van der Waals surface area (Å²) in [5, 5.41) is 1.58. The Hall–Kier alpha value is -1.19. The number of aromatic amines is 1. The van der Waals surface area contributed by atoms with Crippen LogP contribution in [0, 0.1) is 0 Å². The highest BCUT2D eigenvalue weighted by molar-refractivity contribution is 6.39. The van der Waals surface area contributed by atoms with E-state index in [4.69, 9.17) is 23.2 Å². The number of ether oxygens (including phenoxy) is 1. The van der Waals surface area contributed by atoms with Gasteiger partial charge in [0.25, 0.3) is 0 Å². The standard InChI is InChI=1S/C10H7Cl2NO2/c1-15-10(14)6-4-13-8-3-5(11)2-7(12)9(6)8/h2-4,13H,1H3. The highest BCUT2D eigenvalue weighted by atomic mass is 35.5. The number of hydrogen-bond acceptors (Lipinski definition) is 2. The third kappa shape index (κ3) is 1.68. The van der Waals surface area contributed by atoms with E-state index in [9.17, 15) is 4.79 Å². The number of H-pyrrole nitrogens is 1. The lowest BCUT2D eigenvalue weighted by atomic mass is 10.2. The number of fused-ring (bicyclic) bond motifs is 1. The first kappa shape index (κ1) is 10.3. The molecule has 0 aliphatic heterocycles. The molecule has 0 fully saturated rings. The second kappa shape index (κ2) is 3.76. The highest BCUT2D eigenvalue weighted by Gasteiger charge is 2.15. The fraction of sp³-hybridized carbons (Fsp3) is 0.100. The van der Waals surface area contributed by atoms with Gasteiger partial charge in [-0.25, -0.2) is 4.79 Å². The molecule has 1 heterocycles. The fourth-order valence-electron chi connectivity index (χ4n) is 1.45. The van der Waals surface area contributed by atoms with Crippen LogP contribution in [0.15, 0.2) is 18.3 Å². The monoisotopic (exact) mass is 243 g/mol. The third-order valence-electron chi connectivity index (χ3n) is 2.10. The Labute approximate surface area is 95.9 Å². The zero-order chi connectivity index (χ0) is 11.0. The molecule has 0 radical (unpaired) electrons. The molecule has 2 aromatic rings. The maximum atomic E-state index is 11.4. The Morgan fingerprint density at radius 3 is 2.80 bits per heavy atom. The molecule has 0 saturated carbocycles. The van der Waals surface area contributed by atoms with Gasteiger partial charge in [-0.05, 0) is 12.1 Å². The molecule has 0 bridgehead atoms. The van der Waals surface area contributed by atoms with Crippen LogP contribution in [-0.4, -0.2) is 18.1 Å². The van der Waals surface area contributed by atoms with Crippen LogP contribution in [0.25, 0.3) is 10.9 Å². The molecule has 0 amide bonds. The summed E-state index contributed by atoms with van der Waals surface area (Å²) in [6.45, 7) is 0. The number of halogens is 2. The molecule has 3 nitrogen and oxygen atoms in total. The van der Waals surface area contributed by atoms with Crippen molar-refractivity contribution in [1.29, 1.82) is 0 Å². The molecule has 0 aliphatic rings. The molecule has 0 unspecified atom stereocenters. The maximum Gasteiger partial charge on any atom is 0.340 e. The van der Waals surface area contributed by atoms with Gasteiger partial charge in [-0.3, -0.25) is 0 Å². The molecular weight excluding hydrogens is 237 g/mol. The zero-order valence-corrected chi connectivity index (χ0v) is 9.32. The number of carbonyl (C=O) groups excluding carboxylic acids is 1. The summed E-state index contributed by atoms with van der Waals surface area (Å²) < 4.78 is 4.64. The number of esters is 1. The molecule has 1 aromatic heterocycles. The lowest BCUT2D eigenvalue weighted by Gasteiger charge is -1.99. The molecule has 1 aromatic carbocycles. The third-order valence-corrected chi connectivity index (χ3v) is 2.62. The van der Waals surface area contributed by atoms with Crippen LogP contribution >= 0.6 is 23.2 Å². The summed E-state index contributed by atoms with van der Waals surface area (Å²) in [6, 6.07) is 3.29. The summed E-state index contributed by atoms with van der Waals surface area (Å²) in [5.74, 6) is -0.425. The van der Waals surface area contributed by atoms with Gasteiger partial charge in [0, 0.05) is 22.1 Å². The minimum Gasteiger partial charge on any atom is -0.465 e. The highest BCUT2D eigenvalue weighted by Crippen LogP contribution is 2.30. The van der Waals surface area contributed by atoms with E-state index >= 15 is 0 Å². The van der Waals surface area contributed by atoms with Crippen molar-refractivity contribution in [2.75, 3.05) is 7.11 Å². The van der Waals surface area contributed by atoms with Crippen molar-refractivity contribution in [2.45, 2.75) is 0 Å². The largest absolute Gasteiger partial charge is 0.465 e. The summed E-state index contributed by atoms with van der Waals surface area (Å²) in [4.78, 5) is 14.3. The number of rotatable bonds is 1.